The van der Waals surface area contributed by atoms with Crippen LogP contribution < -0.4 is 20.1 Å². The minimum Gasteiger partial charge on any atom is -0.484 e. The van der Waals surface area contributed by atoms with E-state index in [0.29, 0.717) is 60.2 Å². The fourth-order valence-electron chi connectivity index (χ4n) is 8.97. The molecule has 3 N–H and O–H groups in total. The quantitative estimate of drug-likeness (QED) is 0.169. The van der Waals surface area contributed by atoms with Crippen molar-refractivity contribution < 1.29 is 41.5 Å². The Morgan fingerprint density at radius 1 is 0.950 bits per heavy atom. The Morgan fingerprint density at radius 2 is 1.72 bits per heavy atom. The van der Waals surface area contributed by atoms with Gasteiger partial charge in [-0.05, 0) is 83.3 Å². The van der Waals surface area contributed by atoms with Crippen molar-refractivity contribution >= 4 is 55.9 Å². The summed E-state index contributed by atoms with van der Waals surface area (Å²) in [5, 5.41) is 5.94. The maximum absolute atomic E-state index is 14.8. The highest BCUT2D eigenvalue weighted by molar-refractivity contribution is 7.91. The number of aromatic nitrogens is 1. The van der Waals surface area contributed by atoms with Gasteiger partial charge in [-0.2, -0.15) is 0 Å². The van der Waals surface area contributed by atoms with Gasteiger partial charge in [0.05, 0.1) is 17.5 Å². The van der Waals surface area contributed by atoms with Crippen LogP contribution >= 0.6 is 0 Å². The Bertz CT molecular complexity index is 2460. The van der Waals surface area contributed by atoms with Gasteiger partial charge in [-0.25, -0.2) is 18.2 Å². The zero-order chi connectivity index (χ0) is 41.6. The number of ether oxygens (including phenoxy) is 2. The summed E-state index contributed by atoms with van der Waals surface area (Å²) in [6, 6.07) is 15.2. The molecule has 2 aromatic carbocycles. The lowest BCUT2D eigenvalue weighted by atomic mass is 10.0. The molecule has 0 radical (unpaired) electrons. The summed E-state index contributed by atoms with van der Waals surface area (Å²) < 4.78 is 47.0. The number of aryl methyl sites for hydroxylation is 1. The predicted octanol–water partition coefficient (Wildman–Crippen LogP) is 6.35. The highest BCUT2D eigenvalue weighted by Crippen LogP contribution is 2.46. The number of carbonyl (C=O) groups is 4. The molecule has 1 saturated heterocycles. The fraction of sp³-hybridized carbons (Fsp3) is 0.489. The molecule has 0 unspecified atom stereocenters. The van der Waals surface area contributed by atoms with Crippen molar-refractivity contribution in [1.29, 1.82) is 0 Å². The van der Waals surface area contributed by atoms with Crippen molar-refractivity contribution in [2.45, 2.75) is 125 Å². The van der Waals surface area contributed by atoms with Crippen molar-refractivity contribution in [2.75, 3.05) is 6.54 Å². The molecule has 316 valence electrons. The van der Waals surface area contributed by atoms with Crippen molar-refractivity contribution in [3.8, 4) is 17.0 Å². The van der Waals surface area contributed by atoms with Crippen LogP contribution in [0.15, 0.2) is 71.2 Å². The number of rotatable bonds is 8. The van der Waals surface area contributed by atoms with E-state index in [9.17, 15) is 27.6 Å². The molecule has 0 bridgehead atoms. The molecule has 2 aromatic heterocycles. The smallest absolute Gasteiger partial charge is 0.408 e. The van der Waals surface area contributed by atoms with E-state index < -0.39 is 68.7 Å². The van der Waals surface area contributed by atoms with Gasteiger partial charge in [-0.15, -0.1) is 0 Å². The Morgan fingerprint density at radius 3 is 2.50 bits per heavy atom. The number of benzene rings is 2. The molecule has 4 aromatic rings. The number of sulfonamides is 1. The van der Waals surface area contributed by atoms with Gasteiger partial charge in [0.15, 0.2) is 11.3 Å². The number of allylic oxidation sites excluding steroid dienone is 1. The minimum atomic E-state index is -3.91. The Hall–Kier alpha value is -5.44. The molecule has 5 aliphatic rings. The first-order valence-corrected chi connectivity index (χ1v) is 22.9. The highest BCUT2D eigenvalue weighted by atomic mass is 32.2. The summed E-state index contributed by atoms with van der Waals surface area (Å²) in [6.45, 7) is 1.99. The molecule has 14 nitrogen and oxygen atoms in total. The van der Waals surface area contributed by atoms with Crippen molar-refractivity contribution in [3.05, 3.63) is 72.3 Å². The second kappa shape index (κ2) is 16.2. The second-order valence-corrected chi connectivity index (χ2v) is 19.1. The third-order valence-electron chi connectivity index (χ3n) is 12.6. The zero-order valence-corrected chi connectivity index (χ0v) is 34.5. The molecule has 2 aliphatic heterocycles. The van der Waals surface area contributed by atoms with Gasteiger partial charge in [0.1, 0.15) is 40.9 Å². The van der Waals surface area contributed by atoms with E-state index in [1.807, 2.05) is 67.6 Å². The average Bonchev–Trinajstić information content (AvgIpc) is 4.04. The van der Waals surface area contributed by atoms with Crippen LogP contribution in [0, 0.1) is 12.8 Å². The minimum absolute atomic E-state index is 0.0186. The van der Waals surface area contributed by atoms with Crippen LogP contribution in [0.4, 0.5) is 4.79 Å². The van der Waals surface area contributed by atoms with Crippen molar-refractivity contribution in [3.63, 3.8) is 0 Å². The van der Waals surface area contributed by atoms with Crippen LogP contribution in [0.2, 0.25) is 0 Å². The average molecular weight is 838 g/mol. The van der Waals surface area contributed by atoms with Crippen LogP contribution in [0.1, 0.15) is 89.0 Å². The second-order valence-electron chi connectivity index (χ2n) is 17.2. The molecular formula is C45H51N5O9S. The first-order valence-electron chi connectivity index (χ1n) is 21.4. The number of furan rings is 1. The lowest BCUT2D eigenvalue weighted by molar-refractivity contribution is -0.141. The van der Waals surface area contributed by atoms with Gasteiger partial charge in [-0.3, -0.25) is 19.1 Å². The summed E-state index contributed by atoms with van der Waals surface area (Å²) in [4.78, 5) is 63.0. The van der Waals surface area contributed by atoms with E-state index in [1.165, 1.54) is 4.90 Å². The summed E-state index contributed by atoms with van der Waals surface area (Å²) in [5.41, 5.74) is 2.75. The third kappa shape index (κ3) is 8.20. The number of nitrogens with zero attached hydrogens (tertiary/aromatic N) is 2. The lowest BCUT2D eigenvalue weighted by Crippen LogP contribution is -2.58. The van der Waals surface area contributed by atoms with Crippen LogP contribution in [-0.2, 0) is 29.1 Å². The monoisotopic (exact) mass is 837 g/mol. The van der Waals surface area contributed by atoms with Crippen molar-refractivity contribution in [2.24, 2.45) is 5.92 Å². The van der Waals surface area contributed by atoms with E-state index in [4.69, 9.17) is 18.9 Å². The van der Waals surface area contributed by atoms with Gasteiger partial charge in [0.25, 0.3) is 5.91 Å². The standard InChI is InChI=1S/C45H51N5O9S/c1-27-17-19-28(20-18-27)35-24-38(40-39(46-35)33-14-9-10-16-37(33)59-40)57-31-23-36-41(51)48-45(43(53)49-60(55,56)32-21-22-32)25-29(45)11-5-3-2-4-6-15-34(42(52)50(36)26-31)47-44(54)58-30-12-7-8-13-30/h5,9-11,14,16-20,24,29-32,34,36H,2-4,6-8,12-13,15,21-23,25-26H2,1H3,(H,47,54)(H,48,51)(H,49,53)/b11-5-/t29-,31+,34-,36-,45+/m0/s1. The topological polar surface area (TPSA) is 186 Å². The number of pyridine rings is 1. The largest absolute Gasteiger partial charge is 0.484 e. The molecule has 3 saturated carbocycles. The maximum Gasteiger partial charge on any atom is 0.408 e. The van der Waals surface area contributed by atoms with E-state index >= 15 is 0 Å². The number of carbonyl (C=O) groups excluding carboxylic acids is 4. The fourth-order valence-corrected chi connectivity index (χ4v) is 10.3. The van der Waals surface area contributed by atoms with Crippen LogP contribution in [0.5, 0.6) is 5.75 Å². The maximum atomic E-state index is 14.8. The van der Waals surface area contributed by atoms with Crippen LogP contribution in [-0.4, -0.2) is 83.7 Å². The molecule has 9 rings (SSSR count). The lowest BCUT2D eigenvalue weighted by Gasteiger charge is -2.30. The van der Waals surface area contributed by atoms with Gasteiger partial charge >= 0.3 is 6.09 Å². The normalized spacial score (nSPS) is 27.0. The number of fused-ring (bicyclic) bond motifs is 5. The van der Waals surface area contributed by atoms with E-state index in [0.717, 1.165) is 55.0 Å². The highest BCUT2D eigenvalue weighted by Gasteiger charge is 2.62. The molecule has 3 aliphatic carbocycles. The molecule has 5 atom stereocenters. The van der Waals surface area contributed by atoms with Crippen molar-refractivity contribution in [1.82, 2.24) is 25.2 Å². The van der Waals surface area contributed by atoms with Gasteiger partial charge < -0.3 is 29.4 Å². The number of amides is 4. The summed E-state index contributed by atoms with van der Waals surface area (Å²) in [6.07, 6.45) is 10.1. The van der Waals surface area contributed by atoms with Gasteiger partial charge in [0.2, 0.25) is 21.8 Å². The molecule has 4 heterocycles. The number of hydrogen-bond donors (Lipinski definition) is 3. The van der Waals surface area contributed by atoms with Crippen LogP contribution in [0.3, 0.4) is 0 Å². The van der Waals surface area contributed by atoms with E-state index in [-0.39, 0.29) is 25.5 Å². The molecule has 4 fully saturated rings. The number of alkyl carbamates (subject to hydrolysis) is 1. The number of hydrogen-bond acceptors (Lipinski definition) is 10. The Kier molecular flexibility index (Phi) is 10.8. The zero-order valence-electron chi connectivity index (χ0n) is 33.7. The number of nitrogens with one attached hydrogen (secondary N) is 3. The Labute approximate surface area is 348 Å². The first kappa shape index (κ1) is 40.0. The molecule has 15 heteroatoms. The Balaban J connectivity index is 1.05. The summed E-state index contributed by atoms with van der Waals surface area (Å²) >= 11 is 0. The molecule has 0 spiro atoms. The number of para-hydroxylation sites is 1. The summed E-state index contributed by atoms with van der Waals surface area (Å²) in [7, 11) is -3.91. The van der Waals surface area contributed by atoms with Gasteiger partial charge in [0, 0.05) is 29.4 Å². The first-order chi connectivity index (χ1) is 29.0. The molecule has 4 amide bonds. The predicted molar refractivity (Wildman–Crippen MR) is 223 cm³/mol. The molecular weight excluding hydrogens is 787 g/mol. The van der Waals surface area contributed by atoms with Gasteiger partial charge in [-0.1, -0.05) is 67.0 Å². The third-order valence-corrected chi connectivity index (χ3v) is 14.5. The van der Waals surface area contributed by atoms with Crippen LogP contribution in [0.25, 0.3) is 33.3 Å². The summed E-state index contributed by atoms with van der Waals surface area (Å²) in [5.74, 6) is -1.92. The molecule has 60 heavy (non-hydrogen) atoms. The van der Waals surface area contributed by atoms with E-state index in [1.54, 1.807) is 6.07 Å². The SMILES string of the molecule is Cc1ccc(-c2cc(O[C@@H]3C[C@H]4C(=O)N[C@]5(C(=O)NS(=O)(=O)C6CC6)C[C@@H]5/C=C\CCCCC[C@H](NC(=O)OC5CCCC5)C(=O)N4C3)c3oc4ccccc4c3n2)cc1. The van der Waals surface area contributed by atoms with E-state index in [2.05, 4.69) is 15.4 Å².